The van der Waals surface area contributed by atoms with Crippen LogP contribution in [0.15, 0.2) is 44.8 Å². The van der Waals surface area contributed by atoms with Crippen molar-refractivity contribution in [2.45, 2.75) is 111 Å². The molecular weight excluding hydrogens is 552 g/mol. The zero-order valence-corrected chi connectivity index (χ0v) is 27.1. The van der Waals surface area contributed by atoms with E-state index in [0.717, 1.165) is 0 Å². The number of ether oxygens (including phenoxy) is 2. The smallest absolute Gasteiger partial charge is 0.302 e. The predicted molar refractivity (Wildman–Crippen MR) is 161 cm³/mol. The minimum atomic E-state index is -1.15. The van der Waals surface area contributed by atoms with Gasteiger partial charge in [0.1, 0.15) is 12.8 Å². The number of likely N-dealkylation sites (N-methyl/N-ethyl adjacent to an activating group) is 1. The molecule has 2 bridgehead atoms. The van der Waals surface area contributed by atoms with Gasteiger partial charge in [0.2, 0.25) is 5.78 Å². The zero-order chi connectivity index (χ0) is 32.5. The summed E-state index contributed by atoms with van der Waals surface area (Å²) in [7, 11) is 3.13. The van der Waals surface area contributed by atoms with Gasteiger partial charge in [0.15, 0.2) is 23.1 Å². The van der Waals surface area contributed by atoms with Gasteiger partial charge in [-0.25, -0.2) is 0 Å². The van der Waals surface area contributed by atoms with Crippen LogP contribution in [-0.4, -0.2) is 95.2 Å². The Morgan fingerprint density at radius 1 is 0.814 bits per heavy atom. The van der Waals surface area contributed by atoms with E-state index in [9.17, 15) is 29.1 Å². The van der Waals surface area contributed by atoms with Crippen molar-refractivity contribution in [2.24, 2.45) is 0 Å². The minimum Gasteiger partial charge on any atom is -0.492 e. The molecule has 1 N–H and O–H groups in total. The Balaban J connectivity index is 0.000000780. The largest absolute Gasteiger partial charge is 0.492 e. The number of methoxy groups -OCH3 is 1. The van der Waals surface area contributed by atoms with Gasteiger partial charge in [0.05, 0.1) is 25.2 Å². The van der Waals surface area contributed by atoms with Crippen molar-refractivity contribution in [1.29, 1.82) is 0 Å². The molecule has 1 saturated heterocycles. The molecule has 10 heteroatoms. The topological polar surface area (TPSA) is 131 Å². The van der Waals surface area contributed by atoms with Crippen molar-refractivity contribution < 1.29 is 38.6 Å². The summed E-state index contributed by atoms with van der Waals surface area (Å²) in [5.41, 5.74) is 2.06. The third-order valence-electron chi connectivity index (χ3n) is 8.64. The summed E-state index contributed by atoms with van der Waals surface area (Å²) in [4.78, 5) is 69.1. The molecule has 0 aromatic rings. The first-order valence-corrected chi connectivity index (χ1v) is 15.1. The summed E-state index contributed by atoms with van der Waals surface area (Å²) in [5, 5.41) is 11.6. The molecule has 5 atom stereocenters. The number of nitrogens with zero attached hydrogens (tertiary/aromatic N) is 2. The molecule has 0 aromatic carbocycles. The average molecular weight is 599 g/mol. The van der Waals surface area contributed by atoms with E-state index in [1.165, 1.54) is 26.9 Å². The summed E-state index contributed by atoms with van der Waals surface area (Å²) < 4.78 is 10.7. The van der Waals surface area contributed by atoms with Crippen molar-refractivity contribution in [2.75, 3.05) is 20.8 Å². The number of hydrogen-bond donors (Lipinski definition) is 1. The molecule has 0 aromatic heterocycles. The lowest BCUT2D eigenvalue weighted by atomic mass is 9.68. The Morgan fingerprint density at radius 3 is 1.84 bits per heavy atom. The lowest BCUT2D eigenvalue weighted by Gasteiger charge is -2.60. The Kier molecular flexibility index (Phi) is 10.9. The Bertz CT molecular complexity index is 1350. The number of rotatable bonds is 3. The maximum Gasteiger partial charge on any atom is 0.302 e. The fourth-order valence-electron chi connectivity index (χ4n) is 6.68. The van der Waals surface area contributed by atoms with Crippen molar-refractivity contribution in [3.05, 3.63) is 44.8 Å². The van der Waals surface area contributed by atoms with Gasteiger partial charge in [-0.2, -0.15) is 0 Å². The van der Waals surface area contributed by atoms with Gasteiger partial charge in [0.25, 0.3) is 0 Å². The van der Waals surface area contributed by atoms with E-state index in [1.807, 2.05) is 4.90 Å². The maximum atomic E-state index is 13.6. The van der Waals surface area contributed by atoms with Crippen LogP contribution in [0.25, 0.3) is 0 Å². The Labute approximate surface area is 254 Å². The van der Waals surface area contributed by atoms with Crippen molar-refractivity contribution in [1.82, 2.24) is 9.80 Å². The number of ketones is 4. The molecule has 5 aliphatic rings. The quantitative estimate of drug-likeness (QED) is 0.381. The highest BCUT2D eigenvalue weighted by Gasteiger charge is 2.59. The summed E-state index contributed by atoms with van der Waals surface area (Å²) in [6.07, 6.45) is 1.56. The number of Topliss-reactive ketones (excluding diaryl/α,β-unsaturated/α-hetero) is 4. The van der Waals surface area contributed by atoms with Crippen molar-refractivity contribution in [3.63, 3.8) is 0 Å². The first-order chi connectivity index (χ1) is 20.2. The predicted octanol–water partition coefficient (Wildman–Crippen LogP) is 3.38. The van der Waals surface area contributed by atoms with Gasteiger partial charge < -0.3 is 14.6 Å². The van der Waals surface area contributed by atoms with Crippen molar-refractivity contribution >= 4 is 29.1 Å². The monoisotopic (exact) mass is 598 g/mol. The highest BCUT2D eigenvalue weighted by molar-refractivity contribution is 6.26. The molecule has 0 radical (unpaired) electrons. The standard InChI is InChI=1S/C27H30N2O8.2C3H8/c1-10-11(2)24(33)19-14(22(10)31)7-16-21-20-15(23(32)12(3)26(36-6)25(20)34)8-17(28(21)5)27(35)29(16)18(19)9-37-13(4)30;2*1-3-2/h16-18,21,27,35H,7-9H2,1-6H3;2*3H2,1-2H3/t16-,17-,18-,21-,27-;;/m0../s1. The van der Waals surface area contributed by atoms with Crippen LogP contribution >= 0.6 is 0 Å². The van der Waals surface area contributed by atoms with Crippen LogP contribution in [-0.2, 0) is 33.4 Å². The molecule has 2 aliphatic carbocycles. The number of allylic oxidation sites excluding steroid dienone is 4. The molecular formula is C33H46N2O8. The van der Waals surface area contributed by atoms with E-state index < -0.39 is 42.1 Å². The molecule has 0 unspecified atom stereocenters. The lowest BCUT2D eigenvalue weighted by molar-refractivity contribution is -0.171. The third-order valence-corrected chi connectivity index (χ3v) is 8.64. The van der Waals surface area contributed by atoms with Crippen LogP contribution in [0.5, 0.6) is 0 Å². The summed E-state index contributed by atoms with van der Waals surface area (Å²) in [6.45, 7) is 14.3. The van der Waals surface area contributed by atoms with E-state index in [1.54, 1.807) is 32.7 Å². The van der Waals surface area contributed by atoms with E-state index in [0.29, 0.717) is 27.9 Å². The van der Waals surface area contributed by atoms with E-state index >= 15 is 0 Å². The highest BCUT2D eigenvalue weighted by atomic mass is 16.5. The second kappa shape index (κ2) is 13.6. The zero-order valence-electron chi connectivity index (χ0n) is 27.1. The number of piperazine rings is 1. The Hall–Kier alpha value is -3.21. The van der Waals surface area contributed by atoms with Gasteiger partial charge in [-0.15, -0.1) is 0 Å². The molecule has 0 saturated carbocycles. The second-order valence-corrected chi connectivity index (χ2v) is 11.8. The van der Waals surface area contributed by atoms with E-state index in [4.69, 9.17) is 9.47 Å². The third kappa shape index (κ3) is 5.72. The number of esters is 1. The van der Waals surface area contributed by atoms with Gasteiger partial charge in [0, 0.05) is 52.0 Å². The lowest BCUT2D eigenvalue weighted by Crippen LogP contribution is -2.74. The van der Waals surface area contributed by atoms with E-state index in [2.05, 4.69) is 27.7 Å². The maximum absolute atomic E-state index is 13.6. The van der Waals surface area contributed by atoms with Gasteiger partial charge >= 0.3 is 5.97 Å². The molecule has 43 heavy (non-hydrogen) atoms. The van der Waals surface area contributed by atoms with Crippen LogP contribution in [0.1, 0.15) is 81.1 Å². The van der Waals surface area contributed by atoms with Gasteiger partial charge in [-0.3, -0.25) is 33.8 Å². The normalized spacial score (nSPS) is 28.9. The van der Waals surface area contributed by atoms with E-state index in [-0.39, 0.29) is 53.7 Å². The molecule has 1 fully saturated rings. The molecule has 0 amide bonds. The fourth-order valence-corrected chi connectivity index (χ4v) is 6.68. The second-order valence-electron chi connectivity index (χ2n) is 11.8. The van der Waals surface area contributed by atoms with Crippen molar-refractivity contribution in [3.8, 4) is 0 Å². The van der Waals surface area contributed by atoms with Crippen LogP contribution in [0.2, 0.25) is 0 Å². The number of fused-ring (bicyclic) bond motifs is 5. The first-order valence-electron chi connectivity index (χ1n) is 15.1. The van der Waals surface area contributed by atoms with Crippen LogP contribution in [0.3, 0.4) is 0 Å². The summed E-state index contributed by atoms with van der Waals surface area (Å²) >= 11 is 0. The molecule has 3 heterocycles. The number of aliphatic hydroxyl groups is 1. The SMILES string of the molecule is CCC.CCC.COC1=C(C)C(=O)C2=C(C1=O)[C@@H]1[C@@H]3CC4=C(C(=O)C(C)=C(C)C4=O)[C@H](COC(C)=O)N3[C@@H](O)[C@H](C2)N1C. The van der Waals surface area contributed by atoms with Crippen LogP contribution < -0.4 is 0 Å². The number of hydrogen-bond acceptors (Lipinski definition) is 10. The fraction of sp³-hybridized carbons (Fsp3) is 0.606. The van der Waals surface area contributed by atoms with Crippen LogP contribution in [0, 0.1) is 0 Å². The molecule has 5 rings (SSSR count). The molecule has 0 spiro atoms. The number of aliphatic hydroxyl groups excluding tert-OH is 1. The molecule has 236 valence electrons. The van der Waals surface area contributed by atoms with Crippen LogP contribution in [0.4, 0.5) is 0 Å². The highest BCUT2D eigenvalue weighted by Crippen LogP contribution is 2.48. The van der Waals surface area contributed by atoms with Gasteiger partial charge in [-0.1, -0.05) is 40.5 Å². The summed E-state index contributed by atoms with van der Waals surface area (Å²) in [6, 6.07) is -2.75. The Morgan fingerprint density at radius 2 is 1.30 bits per heavy atom. The average Bonchev–Trinajstić information content (AvgIpc) is 2.95. The molecule has 3 aliphatic heterocycles. The van der Waals surface area contributed by atoms with Gasteiger partial charge in [-0.05, 0) is 40.7 Å². The minimum absolute atomic E-state index is 0.0150. The summed E-state index contributed by atoms with van der Waals surface area (Å²) in [5.74, 6) is -1.85. The molecule has 10 nitrogen and oxygen atoms in total. The number of carbonyl (C=O) groups is 5. The first kappa shape index (κ1) is 34.3. The number of carbonyl (C=O) groups excluding carboxylic acids is 5.